The van der Waals surface area contributed by atoms with Gasteiger partial charge in [-0.25, -0.2) is 5.01 Å². The van der Waals surface area contributed by atoms with Crippen LogP contribution in [0.4, 0.5) is 0 Å². The fourth-order valence-corrected chi connectivity index (χ4v) is 4.29. The van der Waals surface area contributed by atoms with E-state index < -0.39 is 0 Å². The summed E-state index contributed by atoms with van der Waals surface area (Å²) in [6.45, 7) is -0.321. The summed E-state index contributed by atoms with van der Waals surface area (Å²) < 4.78 is 10.8. The SMILES string of the molecule is O=C(CCC1CCCC1)OCC(=O)N1N=C(c2ccc(Cl)cc2)CC1c1ccco1. The minimum atomic E-state index is -0.366. The molecule has 0 radical (unpaired) electrons. The third kappa shape index (κ3) is 4.93. The summed E-state index contributed by atoms with van der Waals surface area (Å²) in [5.74, 6) is 0.561. The molecule has 1 amide bonds. The molecular weight excluding hydrogens is 404 g/mol. The van der Waals surface area contributed by atoms with Gasteiger partial charge >= 0.3 is 5.97 Å². The van der Waals surface area contributed by atoms with Crippen molar-refractivity contribution >= 4 is 29.2 Å². The van der Waals surface area contributed by atoms with Crippen LogP contribution in [0.2, 0.25) is 5.02 Å². The number of carbonyl (C=O) groups is 2. The maximum atomic E-state index is 12.8. The van der Waals surface area contributed by atoms with Gasteiger partial charge in [0.2, 0.25) is 0 Å². The van der Waals surface area contributed by atoms with Gasteiger partial charge in [0, 0.05) is 17.9 Å². The maximum absolute atomic E-state index is 12.8. The Balaban J connectivity index is 1.40. The van der Waals surface area contributed by atoms with Crippen molar-refractivity contribution in [2.45, 2.75) is 51.0 Å². The third-order valence-corrected chi connectivity index (χ3v) is 6.06. The normalized spacial score (nSPS) is 19.2. The lowest BCUT2D eigenvalue weighted by molar-refractivity contribution is -0.153. The van der Waals surface area contributed by atoms with Crippen LogP contribution in [0.3, 0.4) is 0 Å². The quantitative estimate of drug-likeness (QED) is 0.573. The molecule has 0 spiro atoms. The Hall–Kier alpha value is -2.60. The number of esters is 1. The van der Waals surface area contributed by atoms with Crippen molar-refractivity contribution < 1.29 is 18.7 Å². The van der Waals surface area contributed by atoms with Gasteiger partial charge in [-0.15, -0.1) is 0 Å². The van der Waals surface area contributed by atoms with Crippen molar-refractivity contribution in [1.82, 2.24) is 5.01 Å². The first-order valence-corrected chi connectivity index (χ1v) is 10.8. The zero-order valence-electron chi connectivity index (χ0n) is 16.8. The summed E-state index contributed by atoms with van der Waals surface area (Å²) in [6.07, 6.45) is 8.14. The zero-order valence-corrected chi connectivity index (χ0v) is 17.5. The molecule has 7 heteroatoms. The Morgan fingerprint density at radius 1 is 1.17 bits per heavy atom. The number of hydrogen-bond donors (Lipinski definition) is 0. The number of rotatable bonds is 7. The third-order valence-electron chi connectivity index (χ3n) is 5.80. The van der Waals surface area contributed by atoms with Gasteiger partial charge in [-0.2, -0.15) is 5.10 Å². The van der Waals surface area contributed by atoms with Gasteiger partial charge in [-0.3, -0.25) is 9.59 Å². The van der Waals surface area contributed by atoms with E-state index in [4.69, 9.17) is 20.8 Å². The van der Waals surface area contributed by atoms with E-state index in [9.17, 15) is 9.59 Å². The molecule has 1 aromatic carbocycles. The first-order chi connectivity index (χ1) is 14.6. The van der Waals surface area contributed by atoms with Crippen LogP contribution in [0.5, 0.6) is 0 Å². The molecule has 4 rings (SSSR count). The highest BCUT2D eigenvalue weighted by Gasteiger charge is 2.35. The molecule has 2 aliphatic rings. The molecule has 1 atom stereocenters. The van der Waals surface area contributed by atoms with E-state index in [1.165, 1.54) is 30.7 Å². The van der Waals surface area contributed by atoms with Crippen molar-refractivity contribution in [2.75, 3.05) is 6.61 Å². The molecule has 1 saturated carbocycles. The van der Waals surface area contributed by atoms with Crippen LogP contribution in [-0.2, 0) is 14.3 Å². The van der Waals surface area contributed by atoms with Crippen LogP contribution >= 0.6 is 11.6 Å². The Morgan fingerprint density at radius 2 is 1.93 bits per heavy atom. The number of furan rings is 1. The van der Waals surface area contributed by atoms with Gasteiger partial charge in [0.05, 0.1) is 12.0 Å². The summed E-state index contributed by atoms with van der Waals surface area (Å²) in [7, 11) is 0. The molecule has 2 heterocycles. The highest BCUT2D eigenvalue weighted by molar-refractivity contribution is 6.30. The van der Waals surface area contributed by atoms with E-state index in [-0.39, 0.29) is 24.5 Å². The minimum Gasteiger partial charge on any atom is -0.467 e. The molecule has 1 aliphatic heterocycles. The fraction of sp³-hybridized carbons (Fsp3) is 0.435. The second-order valence-corrected chi connectivity index (χ2v) is 8.31. The highest BCUT2D eigenvalue weighted by atomic mass is 35.5. The molecule has 1 fully saturated rings. The molecular formula is C23H25ClN2O4. The molecule has 0 bridgehead atoms. The highest BCUT2D eigenvalue weighted by Crippen LogP contribution is 2.33. The van der Waals surface area contributed by atoms with E-state index in [0.717, 1.165) is 17.7 Å². The van der Waals surface area contributed by atoms with Crippen molar-refractivity contribution in [2.24, 2.45) is 11.0 Å². The number of nitrogens with zero attached hydrogens (tertiary/aromatic N) is 2. The lowest BCUT2D eigenvalue weighted by Crippen LogP contribution is -2.31. The summed E-state index contributed by atoms with van der Waals surface area (Å²) in [5.41, 5.74) is 1.65. The summed E-state index contributed by atoms with van der Waals surface area (Å²) >= 11 is 5.98. The minimum absolute atomic E-state index is 0.321. The second-order valence-electron chi connectivity index (χ2n) is 7.88. The van der Waals surface area contributed by atoms with E-state index in [1.54, 1.807) is 24.5 Å². The molecule has 30 heavy (non-hydrogen) atoms. The molecule has 2 aromatic rings. The van der Waals surface area contributed by atoms with E-state index in [0.29, 0.717) is 29.5 Å². The monoisotopic (exact) mass is 428 g/mol. The lowest BCUT2D eigenvalue weighted by atomic mass is 10.0. The Morgan fingerprint density at radius 3 is 2.63 bits per heavy atom. The van der Waals surface area contributed by atoms with Crippen molar-refractivity contribution in [3.8, 4) is 0 Å². The first kappa shape index (κ1) is 20.7. The smallest absolute Gasteiger partial charge is 0.306 e. The summed E-state index contributed by atoms with van der Waals surface area (Å²) in [6, 6.07) is 10.6. The van der Waals surface area contributed by atoms with Gasteiger partial charge in [-0.1, -0.05) is 49.4 Å². The topological polar surface area (TPSA) is 72.1 Å². The van der Waals surface area contributed by atoms with Crippen molar-refractivity contribution in [3.05, 3.63) is 59.0 Å². The van der Waals surface area contributed by atoms with Crippen molar-refractivity contribution in [1.29, 1.82) is 0 Å². The largest absolute Gasteiger partial charge is 0.467 e. The van der Waals surface area contributed by atoms with Gasteiger partial charge in [0.15, 0.2) is 6.61 Å². The maximum Gasteiger partial charge on any atom is 0.306 e. The number of hydrogen-bond acceptors (Lipinski definition) is 5. The van der Waals surface area contributed by atoms with Crippen LogP contribution in [0.25, 0.3) is 0 Å². The predicted molar refractivity (Wildman–Crippen MR) is 113 cm³/mol. The van der Waals surface area contributed by atoms with Crippen molar-refractivity contribution in [3.63, 3.8) is 0 Å². The number of hydrazone groups is 1. The van der Waals surface area contributed by atoms with Crippen LogP contribution < -0.4 is 0 Å². The fourth-order valence-electron chi connectivity index (χ4n) is 4.16. The Kier molecular flexibility index (Phi) is 6.53. The lowest BCUT2D eigenvalue weighted by Gasteiger charge is -2.19. The van der Waals surface area contributed by atoms with E-state index >= 15 is 0 Å². The average molecular weight is 429 g/mol. The molecule has 158 valence electrons. The van der Waals surface area contributed by atoms with Crippen LogP contribution in [-0.4, -0.2) is 29.2 Å². The van der Waals surface area contributed by atoms with E-state index in [1.807, 2.05) is 18.2 Å². The van der Waals surface area contributed by atoms with Gasteiger partial charge in [0.1, 0.15) is 11.8 Å². The molecule has 1 aliphatic carbocycles. The zero-order chi connectivity index (χ0) is 20.9. The standard InChI is InChI=1S/C23H25ClN2O4/c24-18-10-8-17(9-11-18)19-14-20(21-6-3-13-29-21)26(25-19)22(27)15-30-23(28)12-7-16-4-1-2-5-16/h3,6,8-11,13,16,20H,1-2,4-5,7,12,14-15H2. The van der Waals surface area contributed by atoms with Crippen LogP contribution in [0.1, 0.15) is 62.3 Å². The van der Waals surface area contributed by atoms with Gasteiger partial charge < -0.3 is 9.15 Å². The summed E-state index contributed by atoms with van der Waals surface area (Å²) in [5, 5.41) is 6.52. The molecule has 0 saturated heterocycles. The molecule has 1 unspecified atom stereocenters. The Labute approximate surface area is 180 Å². The number of benzene rings is 1. The number of ether oxygens (including phenoxy) is 1. The Bertz CT molecular complexity index is 902. The van der Waals surface area contributed by atoms with Gasteiger partial charge in [-0.05, 0) is 42.2 Å². The first-order valence-electron chi connectivity index (χ1n) is 10.4. The number of halogens is 1. The van der Waals surface area contributed by atoms with E-state index in [2.05, 4.69) is 5.10 Å². The van der Waals surface area contributed by atoms with Gasteiger partial charge in [0.25, 0.3) is 5.91 Å². The predicted octanol–water partition coefficient (Wildman–Crippen LogP) is 5.12. The molecule has 1 aromatic heterocycles. The second kappa shape index (κ2) is 9.47. The number of amides is 1. The van der Waals surface area contributed by atoms with Crippen LogP contribution in [0.15, 0.2) is 52.2 Å². The van der Waals surface area contributed by atoms with Crippen LogP contribution in [0, 0.1) is 5.92 Å². The molecule has 6 nitrogen and oxygen atoms in total. The summed E-state index contributed by atoms with van der Waals surface area (Å²) in [4.78, 5) is 24.9. The number of carbonyl (C=O) groups excluding carboxylic acids is 2. The molecule has 0 N–H and O–H groups in total. The average Bonchev–Trinajstić information content (AvgIpc) is 3.52.